The van der Waals surface area contributed by atoms with Crippen molar-refractivity contribution in [3.05, 3.63) is 63.9 Å². The van der Waals surface area contributed by atoms with Gasteiger partial charge in [0, 0.05) is 29.8 Å². The van der Waals surface area contributed by atoms with Crippen LogP contribution in [0.4, 0.5) is 10.1 Å². The molecule has 0 aliphatic rings. The lowest BCUT2D eigenvalue weighted by molar-refractivity contribution is 0.627. The first-order valence-corrected chi connectivity index (χ1v) is 7.85. The van der Waals surface area contributed by atoms with E-state index in [9.17, 15) is 4.39 Å². The fourth-order valence-corrected chi connectivity index (χ4v) is 2.83. The molecule has 0 radical (unpaired) electrons. The van der Waals surface area contributed by atoms with Crippen LogP contribution in [0.2, 0.25) is 0 Å². The predicted octanol–water partition coefficient (Wildman–Crippen LogP) is 4.33. The fraction of sp³-hybridized carbons (Fsp3) is 0.294. The molecule has 0 aromatic heterocycles. The van der Waals surface area contributed by atoms with Crippen molar-refractivity contribution in [3.8, 4) is 0 Å². The van der Waals surface area contributed by atoms with E-state index in [1.165, 1.54) is 23.3 Å². The third-order valence-corrected chi connectivity index (χ3v) is 4.17. The second-order valence-corrected chi connectivity index (χ2v) is 5.80. The topological polar surface area (TPSA) is 15.3 Å². The van der Waals surface area contributed by atoms with Crippen molar-refractivity contribution in [1.29, 1.82) is 0 Å². The molecule has 0 aliphatic carbocycles. The number of nitrogens with one attached hydrogen (secondary N) is 1. The van der Waals surface area contributed by atoms with E-state index in [0.29, 0.717) is 0 Å². The number of hydrogen-bond acceptors (Lipinski definition) is 2. The summed E-state index contributed by atoms with van der Waals surface area (Å²) in [7, 11) is 1.94. The summed E-state index contributed by atoms with van der Waals surface area (Å²) >= 11 is 3.64. The van der Waals surface area contributed by atoms with Crippen LogP contribution in [0.1, 0.15) is 18.1 Å². The molecule has 0 saturated heterocycles. The van der Waals surface area contributed by atoms with E-state index >= 15 is 0 Å². The van der Waals surface area contributed by atoms with Crippen molar-refractivity contribution in [2.45, 2.75) is 20.0 Å². The second kappa shape index (κ2) is 7.57. The van der Waals surface area contributed by atoms with Crippen LogP contribution in [0.5, 0.6) is 0 Å². The lowest BCUT2D eigenvalue weighted by Gasteiger charge is -2.24. The predicted molar refractivity (Wildman–Crippen MR) is 90.0 cm³/mol. The highest BCUT2D eigenvalue weighted by Gasteiger charge is 2.08. The second-order valence-electron chi connectivity index (χ2n) is 4.95. The standard InChI is InChI=1S/C17H20BrFN2/c1-3-21(16-8-6-15(19)7-9-16)12-14-5-4-13(11-20-2)10-17(14)18/h4-10,20H,3,11-12H2,1-2H3. The lowest BCUT2D eigenvalue weighted by atomic mass is 10.1. The molecule has 2 rings (SSSR count). The molecule has 112 valence electrons. The molecule has 0 aliphatic heterocycles. The third kappa shape index (κ3) is 4.29. The molecule has 2 aromatic rings. The number of benzene rings is 2. The molecular formula is C17H20BrFN2. The first-order chi connectivity index (χ1) is 10.1. The highest BCUT2D eigenvalue weighted by atomic mass is 79.9. The maximum absolute atomic E-state index is 13.0. The molecule has 0 heterocycles. The molecule has 0 bridgehead atoms. The summed E-state index contributed by atoms with van der Waals surface area (Å²) < 4.78 is 14.1. The molecule has 0 atom stereocenters. The van der Waals surface area contributed by atoms with Crippen LogP contribution in [0.15, 0.2) is 46.9 Å². The number of hydrogen-bond donors (Lipinski definition) is 1. The van der Waals surface area contributed by atoms with E-state index in [1.54, 1.807) is 0 Å². The summed E-state index contributed by atoms with van der Waals surface area (Å²) in [6.45, 7) is 4.62. The number of nitrogens with zero attached hydrogens (tertiary/aromatic N) is 1. The first kappa shape index (κ1) is 16.0. The van der Waals surface area contributed by atoms with Gasteiger partial charge in [0.15, 0.2) is 0 Å². The molecular weight excluding hydrogens is 331 g/mol. The molecule has 21 heavy (non-hydrogen) atoms. The molecule has 2 aromatic carbocycles. The van der Waals surface area contributed by atoms with Crippen LogP contribution in [0.3, 0.4) is 0 Å². The summed E-state index contributed by atoms with van der Waals surface area (Å²) in [4.78, 5) is 2.22. The minimum Gasteiger partial charge on any atom is -0.367 e. The molecule has 1 N–H and O–H groups in total. The van der Waals surface area contributed by atoms with Crippen LogP contribution in [0, 0.1) is 5.82 Å². The summed E-state index contributed by atoms with van der Waals surface area (Å²) in [5.41, 5.74) is 3.50. The van der Waals surface area contributed by atoms with E-state index in [2.05, 4.69) is 51.3 Å². The Labute approximate surface area is 134 Å². The number of rotatable bonds is 6. The van der Waals surface area contributed by atoms with E-state index in [4.69, 9.17) is 0 Å². The fourth-order valence-electron chi connectivity index (χ4n) is 2.28. The van der Waals surface area contributed by atoms with Gasteiger partial charge in [-0.05, 0) is 55.4 Å². The normalized spacial score (nSPS) is 10.7. The quantitative estimate of drug-likeness (QED) is 0.833. The average Bonchev–Trinajstić information content (AvgIpc) is 2.48. The highest BCUT2D eigenvalue weighted by molar-refractivity contribution is 9.10. The molecule has 2 nitrogen and oxygen atoms in total. The average molecular weight is 351 g/mol. The van der Waals surface area contributed by atoms with Crippen molar-refractivity contribution >= 4 is 21.6 Å². The first-order valence-electron chi connectivity index (χ1n) is 7.06. The number of halogens is 2. The maximum atomic E-state index is 13.0. The van der Waals surface area contributed by atoms with Gasteiger partial charge in [-0.3, -0.25) is 0 Å². The van der Waals surface area contributed by atoms with E-state index in [-0.39, 0.29) is 5.82 Å². The van der Waals surface area contributed by atoms with E-state index in [1.807, 2.05) is 19.2 Å². The van der Waals surface area contributed by atoms with Crippen molar-refractivity contribution in [1.82, 2.24) is 5.32 Å². The Bertz CT molecular complexity index is 584. The maximum Gasteiger partial charge on any atom is 0.123 e. The van der Waals surface area contributed by atoms with E-state index in [0.717, 1.165) is 29.8 Å². The molecule has 0 fully saturated rings. The van der Waals surface area contributed by atoms with Gasteiger partial charge < -0.3 is 10.2 Å². The Hall–Kier alpha value is -1.39. The van der Waals surface area contributed by atoms with Crippen molar-refractivity contribution in [2.24, 2.45) is 0 Å². The van der Waals surface area contributed by atoms with Crippen LogP contribution in [-0.4, -0.2) is 13.6 Å². The molecule has 0 spiro atoms. The van der Waals surface area contributed by atoms with Gasteiger partial charge in [-0.15, -0.1) is 0 Å². The Kier molecular flexibility index (Phi) is 5.76. The van der Waals surface area contributed by atoms with Crippen molar-refractivity contribution < 1.29 is 4.39 Å². The monoisotopic (exact) mass is 350 g/mol. The third-order valence-electron chi connectivity index (χ3n) is 3.43. The Morgan fingerprint density at radius 2 is 1.86 bits per heavy atom. The highest BCUT2D eigenvalue weighted by Crippen LogP contribution is 2.23. The molecule has 0 unspecified atom stereocenters. The van der Waals surface area contributed by atoms with Crippen molar-refractivity contribution in [3.63, 3.8) is 0 Å². The Morgan fingerprint density at radius 1 is 1.14 bits per heavy atom. The lowest BCUT2D eigenvalue weighted by Crippen LogP contribution is -2.22. The largest absolute Gasteiger partial charge is 0.367 e. The number of anilines is 1. The molecule has 4 heteroatoms. The van der Waals surface area contributed by atoms with Gasteiger partial charge in [0.1, 0.15) is 5.82 Å². The summed E-state index contributed by atoms with van der Waals surface area (Å²) in [6, 6.07) is 13.1. The van der Waals surface area contributed by atoms with Crippen LogP contribution in [-0.2, 0) is 13.1 Å². The zero-order chi connectivity index (χ0) is 15.2. The zero-order valence-electron chi connectivity index (χ0n) is 12.4. The van der Waals surface area contributed by atoms with Crippen molar-refractivity contribution in [2.75, 3.05) is 18.5 Å². The van der Waals surface area contributed by atoms with Gasteiger partial charge in [-0.25, -0.2) is 4.39 Å². The molecule has 0 saturated carbocycles. The Balaban J connectivity index is 2.16. The smallest absolute Gasteiger partial charge is 0.123 e. The van der Waals surface area contributed by atoms with Gasteiger partial charge in [0.2, 0.25) is 0 Å². The van der Waals surface area contributed by atoms with E-state index < -0.39 is 0 Å². The SMILES string of the molecule is CCN(Cc1ccc(CNC)cc1Br)c1ccc(F)cc1. The van der Waals surface area contributed by atoms with Gasteiger partial charge in [0.05, 0.1) is 0 Å². The van der Waals surface area contributed by atoms with Gasteiger partial charge >= 0.3 is 0 Å². The van der Waals surface area contributed by atoms with Gasteiger partial charge in [-0.2, -0.15) is 0 Å². The summed E-state index contributed by atoms with van der Waals surface area (Å²) in [6.07, 6.45) is 0. The van der Waals surface area contributed by atoms with Crippen LogP contribution >= 0.6 is 15.9 Å². The van der Waals surface area contributed by atoms with Gasteiger partial charge in [0.25, 0.3) is 0 Å². The van der Waals surface area contributed by atoms with Crippen LogP contribution < -0.4 is 10.2 Å². The van der Waals surface area contributed by atoms with Crippen LogP contribution in [0.25, 0.3) is 0 Å². The minimum absolute atomic E-state index is 0.201. The summed E-state index contributed by atoms with van der Waals surface area (Å²) in [5, 5.41) is 3.15. The van der Waals surface area contributed by atoms with Gasteiger partial charge in [-0.1, -0.05) is 28.1 Å². The zero-order valence-corrected chi connectivity index (χ0v) is 14.0. The molecule has 0 amide bonds. The summed E-state index contributed by atoms with van der Waals surface area (Å²) in [5.74, 6) is -0.201. The Morgan fingerprint density at radius 3 is 2.43 bits per heavy atom. The minimum atomic E-state index is -0.201.